The molecule has 0 N–H and O–H groups in total. The highest BCUT2D eigenvalue weighted by atomic mass is 16.7. The molecular formula is C25H25BN2O3. The minimum Gasteiger partial charge on any atom is -0.399 e. The van der Waals surface area contributed by atoms with Gasteiger partial charge in [-0.25, -0.2) is 0 Å². The van der Waals surface area contributed by atoms with Crippen molar-refractivity contribution in [3.63, 3.8) is 0 Å². The minimum absolute atomic E-state index is 0.0957. The van der Waals surface area contributed by atoms with Gasteiger partial charge in [0.1, 0.15) is 0 Å². The average Bonchev–Trinajstić information content (AvgIpc) is 3.19. The number of hydrogen-bond donors (Lipinski definition) is 0. The highest BCUT2D eigenvalue weighted by Crippen LogP contribution is 2.37. The van der Waals surface area contributed by atoms with Crippen molar-refractivity contribution >= 4 is 29.9 Å². The van der Waals surface area contributed by atoms with E-state index in [4.69, 9.17) is 9.31 Å². The molecule has 2 aliphatic rings. The molecule has 1 amide bonds. The summed E-state index contributed by atoms with van der Waals surface area (Å²) in [6.07, 6.45) is 4.07. The second-order valence-electron chi connectivity index (χ2n) is 9.18. The van der Waals surface area contributed by atoms with Gasteiger partial charge in [-0.05, 0) is 62.6 Å². The molecule has 0 bridgehead atoms. The van der Waals surface area contributed by atoms with E-state index in [-0.39, 0.29) is 5.91 Å². The van der Waals surface area contributed by atoms with Gasteiger partial charge in [0.15, 0.2) is 0 Å². The molecule has 5 nitrogen and oxygen atoms in total. The Morgan fingerprint density at radius 2 is 1.58 bits per heavy atom. The molecule has 0 saturated carbocycles. The predicted octanol–water partition coefficient (Wildman–Crippen LogP) is 4.27. The van der Waals surface area contributed by atoms with Crippen LogP contribution in [0.5, 0.6) is 0 Å². The van der Waals surface area contributed by atoms with E-state index in [0.29, 0.717) is 6.42 Å². The van der Waals surface area contributed by atoms with Crippen LogP contribution in [0.25, 0.3) is 11.1 Å². The van der Waals surface area contributed by atoms with E-state index in [0.717, 1.165) is 33.5 Å². The smallest absolute Gasteiger partial charge is 0.399 e. The number of fused-ring (bicyclic) bond motifs is 1. The standard InChI is InChI=1S/C25H25BN2O3/c1-24(2)25(3,4)31-26(30-24)20-13-19(15-27-16-20)17-9-11-21(12-10-17)28-22-8-6-5-7-18(22)14-23(28)29/h5-13,15-16H,14H2,1-4H3. The largest absolute Gasteiger partial charge is 0.496 e. The number of carbonyl (C=O) groups is 1. The van der Waals surface area contributed by atoms with Crippen LogP contribution in [0.4, 0.5) is 11.4 Å². The second-order valence-corrected chi connectivity index (χ2v) is 9.18. The third-order valence-corrected chi connectivity index (χ3v) is 6.57. The first-order chi connectivity index (χ1) is 14.7. The van der Waals surface area contributed by atoms with E-state index in [1.165, 1.54) is 0 Å². The first kappa shape index (κ1) is 20.0. The van der Waals surface area contributed by atoms with Crippen LogP contribution in [-0.2, 0) is 20.5 Å². The lowest BCUT2D eigenvalue weighted by atomic mass is 9.79. The van der Waals surface area contributed by atoms with Crippen LogP contribution in [-0.4, -0.2) is 29.2 Å². The summed E-state index contributed by atoms with van der Waals surface area (Å²) in [7, 11) is -0.449. The van der Waals surface area contributed by atoms with E-state index in [2.05, 4.69) is 11.1 Å². The van der Waals surface area contributed by atoms with E-state index < -0.39 is 18.3 Å². The van der Waals surface area contributed by atoms with Gasteiger partial charge in [0.25, 0.3) is 0 Å². The van der Waals surface area contributed by atoms with Crippen molar-refractivity contribution in [2.45, 2.75) is 45.3 Å². The number of aromatic nitrogens is 1. The van der Waals surface area contributed by atoms with Crippen molar-refractivity contribution < 1.29 is 14.1 Å². The molecule has 0 radical (unpaired) electrons. The van der Waals surface area contributed by atoms with Crippen molar-refractivity contribution in [2.24, 2.45) is 0 Å². The molecule has 1 fully saturated rings. The Morgan fingerprint density at radius 3 is 2.29 bits per heavy atom. The topological polar surface area (TPSA) is 51.7 Å². The Labute approximate surface area is 183 Å². The predicted molar refractivity (Wildman–Crippen MR) is 123 cm³/mol. The van der Waals surface area contributed by atoms with E-state index in [1.807, 2.05) is 82.4 Å². The molecule has 0 unspecified atom stereocenters. The maximum Gasteiger partial charge on any atom is 0.496 e. The Hall–Kier alpha value is -2.96. The summed E-state index contributed by atoms with van der Waals surface area (Å²) in [6, 6.07) is 18.0. The van der Waals surface area contributed by atoms with Crippen molar-refractivity contribution in [2.75, 3.05) is 4.90 Å². The van der Waals surface area contributed by atoms with Crippen LogP contribution in [0.15, 0.2) is 67.0 Å². The van der Waals surface area contributed by atoms with E-state index in [9.17, 15) is 4.79 Å². The quantitative estimate of drug-likeness (QED) is 0.603. The molecule has 0 atom stereocenters. The lowest BCUT2D eigenvalue weighted by Gasteiger charge is -2.32. The van der Waals surface area contributed by atoms with Crippen LogP contribution in [0.2, 0.25) is 0 Å². The van der Waals surface area contributed by atoms with Crippen molar-refractivity contribution in [1.82, 2.24) is 4.98 Å². The van der Waals surface area contributed by atoms with Gasteiger partial charge in [-0.15, -0.1) is 0 Å². The summed E-state index contributed by atoms with van der Waals surface area (Å²) < 4.78 is 12.3. The Balaban J connectivity index is 1.42. The van der Waals surface area contributed by atoms with Crippen LogP contribution in [0.3, 0.4) is 0 Å². The third kappa shape index (κ3) is 3.36. The fourth-order valence-electron chi connectivity index (χ4n) is 4.06. The molecule has 0 spiro atoms. The first-order valence-electron chi connectivity index (χ1n) is 10.6. The van der Waals surface area contributed by atoms with E-state index in [1.54, 1.807) is 11.1 Å². The highest BCUT2D eigenvalue weighted by Gasteiger charge is 2.51. The SMILES string of the molecule is CC1(C)OB(c2cncc(-c3ccc(N4C(=O)Cc5ccccc54)cc3)c2)OC1(C)C. The number of rotatable bonds is 3. The first-order valence-corrected chi connectivity index (χ1v) is 10.6. The van der Waals surface area contributed by atoms with Gasteiger partial charge >= 0.3 is 7.12 Å². The average molecular weight is 412 g/mol. The van der Waals surface area contributed by atoms with Crippen LogP contribution in [0, 0.1) is 0 Å². The molecule has 2 aromatic carbocycles. The lowest BCUT2D eigenvalue weighted by Crippen LogP contribution is -2.41. The lowest BCUT2D eigenvalue weighted by molar-refractivity contribution is -0.116. The molecule has 156 valence electrons. The monoisotopic (exact) mass is 412 g/mol. The van der Waals surface area contributed by atoms with Gasteiger partial charge in [-0.1, -0.05) is 36.4 Å². The van der Waals surface area contributed by atoms with Gasteiger partial charge in [0.05, 0.1) is 23.3 Å². The number of carbonyl (C=O) groups excluding carboxylic acids is 1. The molecule has 0 aliphatic carbocycles. The van der Waals surface area contributed by atoms with Crippen LogP contribution >= 0.6 is 0 Å². The zero-order valence-corrected chi connectivity index (χ0v) is 18.3. The van der Waals surface area contributed by atoms with Gasteiger partial charge in [0.2, 0.25) is 5.91 Å². The zero-order chi connectivity index (χ0) is 21.8. The second kappa shape index (κ2) is 7.04. The summed E-state index contributed by atoms with van der Waals surface area (Å²) in [6.45, 7) is 8.17. The number of hydrogen-bond acceptors (Lipinski definition) is 4. The normalized spacial score (nSPS) is 19.0. The Kier molecular flexibility index (Phi) is 4.54. The summed E-state index contributed by atoms with van der Waals surface area (Å²) >= 11 is 0. The maximum atomic E-state index is 12.6. The number of anilines is 2. The number of nitrogens with zero attached hydrogens (tertiary/aromatic N) is 2. The summed E-state index contributed by atoms with van der Waals surface area (Å²) in [4.78, 5) is 18.8. The Morgan fingerprint density at radius 1 is 0.903 bits per heavy atom. The number of amides is 1. The van der Waals surface area contributed by atoms with Crippen molar-refractivity contribution in [3.8, 4) is 11.1 Å². The molecule has 3 heterocycles. The number of benzene rings is 2. The Bertz CT molecular complexity index is 1140. The molecular weight excluding hydrogens is 387 g/mol. The molecule has 1 saturated heterocycles. The molecule has 5 rings (SSSR count). The van der Waals surface area contributed by atoms with E-state index >= 15 is 0 Å². The molecule has 6 heteroatoms. The molecule has 2 aliphatic heterocycles. The van der Waals surface area contributed by atoms with Gasteiger partial charge in [-0.2, -0.15) is 0 Å². The minimum atomic E-state index is -0.449. The number of para-hydroxylation sites is 1. The highest BCUT2D eigenvalue weighted by molar-refractivity contribution is 6.62. The van der Waals surface area contributed by atoms with Gasteiger partial charge < -0.3 is 9.31 Å². The van der Waals surface area contributed by atoms with Gasteiger partial charge in [-0.3, -0.25) is 14.7 Å². The van der Waals surface area contributed by atoms with Crippen molar-refractivity contribution in [3.05, 3.63) is 72.6 Å². The summed E-state index contributed by atoms with van der Waals surface area (Å²) in [5, 5.41) is 0. The zero-order valence-electron chi connectivity index (χ0n) is 18.3. The van der Waals surface area contributed by atoms with Crippen LogP contribution < -0.4 is 10.4 Å². The van der Waals surface area contributed by atoms with Crippen LogP contribution in [0.1, 0.15) is 33.3 Å². The molecule has 31 heavy (non-hydrogen) atoms. The molecule has 1 aromatic heterocycles. The summed E-state index contributed by atoms with van der Waals surface area (Å²) in [5.41, 5.74) is 5.00. The third-order valence-electron chi connectivity index (χ3n) is 6.57. The number of pyridine rings is 1. The fraction of sp³-hybridized carbons (Fsp3) is 0.280. The summed E-state index contributed by atoms with van der Waals surface area (Å²) in [5.74, 6) is 0.0957. The van der Waals surface area contributed by atoms with Crippen molar-refractivity contribution in [1.29, 1.82) is 0 Å². The maximum absolute atomic E-state index is 12.6. The molecule has 3 aromatic rings. The fourth-order valence-corrected chi connectivity index (χ4v) is 4.06. The van der Waals surface area contributed by atoms with Gasteiger partial charge in [0, 0.05) is 23.5 Å².